The van der Waals surface area contributed by atoms with Crippen molar-refractivity contribution in [2.45, 2.75) is 71.4 Å². The lowest BCUT2D eigenvalue weighted by Crippen LogP contribution is -2.44. The van der Waals surface area contributed by atoms with E-state index >= 15 is 0 Å². The van der Waals surface area contributed by atoms with Gasteiger partial charge in [-0.1, -0.05) is 78.9 Å². The van der Waals surface area contributed by atoms with Crippen LogP contribution in [0.25, 0.3) is 0 Å². The van der Waals surface area contributed by atoms with Crippen molar-refractivity contribution < 1.29 is 4.79 Å². The van der Waals surface area contributed by atoms with Crippen LogP contribution in [0.3, 0.4) is 0 Å². The Morgan fingerprint density at radius 2 is 1.52 bits per heavy atom. The number of likely N-dealkylation sites (tertiary alicyclic amines) is 1. The fourth-order valence-corrected chi connectivity index (χ4v) is 5.60. The molecule has 2 aromatic rings. The van der Waals surface area contributed by atoms with E-state index in [1.165, 1.54) is 54.4 Å². The molecule has 4 rings (SSSR count). The SMILES string of the molecule is CC(=O)N(CC1CN(Cc2ccc(C)cc2)CC1c1ccc(C)cc1)C1CCCCC1. The number of hydrogen-bond donors (Lipinski definition) is 0. The highest BCUT2D eigenvalue weighted by atomic mass is 16.2. The van der Waals surface area contributed by atoms with Crippen LogP contribution in [0.4, 0.5) is 0 Å². The average Bonchev–Trinajstić information content (AvgIpc) is 3.17. The number of nitrogens with zero attached hydrogens (tertiary/aromatic N) is 2. The van der Waals surface area contributed by atoms with E-state index in [2.05, 4.69) is 72.2 Å². The van der Waals surface area contributed by atoms with E-state index in [0.717, 1.165) is 26.2 Å². The van der Waals surface area contributed by atoms with Crippen molar-refractivity contribution in [1.29, 1.82) is 0 Å². The van der Waals surface area contributed by atoms with Crippen molar-refractivity contribution in [2.24, 2.45) is 5.92 Å². The lowest BCUT2D eigenvalue weighted by Gasteiger charge is -2.36. The second kappa shape index (κ2) is 9.99. The molecule has 0 N–H and O–H groups in total. The first-order valence-electron chi connectivity index (χ1n) is 12.1. The second-order valence-corrected chi connectivity index (χ2v) is 9.92. The van der Waals surface area contributed by atoms with Crippen LogP contribution < -0.4 is 0 Å². The standard InChI is InChI=1S/C28H38N2O/c1-21-9-13-24(14-10-21)17-29-18-26(28(20-29)25-15-11-22(2)12-16-25)19-30(23(3)31)27-7-5-4-6-8-27/h9-16,26-28H,4-8,17-20H2,1-3H3. The molecule has 2 unspecified atom stereocenters. The summed E-state index contributed by atoms with van der Waals surface area (Å²) in [6.07, 6.45) is 6.20. The Morgan fingerprint density at radius 3 is 2.13 bits per heavy atom. The van der Waals surface area contributed by atoms with Gasteiger partial charge in [0.15, 0.2) is 0 Å². The van der Waals surface area contributed by atoms with Crippen molar-refractivity contribution in [2.75, 3.05) is 19.6 Å². The van der Waals surface area contributed by atoms with Crippen LogP contribution in [0.15, 0.2) is 48.5 Å². The zero-order valence-electron chi connectivity index (χ0n) is 19.5. The Labute approximate surface area is 188 Å². The Kier molecular flexibility index (Phi) is 7.12. The zero-order valence-corrected chi connectivity index (χ0v) is 19.5. The molecule has 166 valence electrons. The normalized spacial score (nSPS) is 22.5. The molecule has 1 saturated carbocycles. The summed E-state index contributed by atoms with van der Waals surface area (Å²) in [6.45, 7) is 10.1. The number of hydrogen-bond acceptors (Lipinski definition) is 2. The third-order valence-electron chi connectivity index (χ3n) is 7.40. The van der Waals surface area contributed by atoms with Gasteiger partial charge in [-0.2, -0.15) is 0 Å². The number of rotatable bonds is 6. The van der Waals surface area contributed by atoms with Gasteiger partial charge in [0.25, 0.3) is 0 Å². The molecule has 2 atom stereocenters. The lowest BCUT2D eigenvalue weighted by atomic mass is 9.87. The number of benzene rings is 2. The Morgan fingerprint density at radius 1 is 0.903 bits per heavy atom. The summed E-state index contributed by atoms with van der Waals surface area (Å²) < 4.78 is 0. The van der Waals surface area contributed by atoms with Gasteiger partial charge in [0, 0.05) is 45.1 Å². The molecular formula is C28H38N2O. The molecule has 1 heterocycles. The van der Waals surface area contributed by atoms with Crippen LogP contribution in [0.5, 0.6) is 0 Å². The lowest BCUT2D eigenvalue weighted by molar-refractivity contribution is -0.132. The largest absolute Gasteiger partial charge is 0.340 e. The summed E-state index contributed by atoms with van der Waals surface area (Å²) >= 11 is 0. The minimum Gasteiger partial charge on any atom is -0.340 e. The average molecular weight is 419 g/mol. The monoisotopic (exact) mass is 418 g/mol. The van der Waals surface area contributed by atoms with Crippen molar-refractivity contribution in [3.05, 3.63) is 70.8 Å². The van der Waals surface area contributed by atoms with Gasteiger partial charge >= 0.3 is 0 Å². The minimum absolute atomic E-state index is 0.256. The van der Waals surface area contributed by atoms with Gasteiger partial charge in [0.05, 0.1) is 0 Å². The number of carbonyl (C=O) groups is 1. The molecular weight excluding hydrogens is 380 g/mol. The third-order valence-corrected chi connectivity index (χ3v) is 7.40. The molecule has 2 aromatic carbocycles. The molecule has 1 aliphatic heterocycles. The van der Waals surface area contributed by atoms with Crippen LogP contribution in [0.1, 0.15) is 67.2 Å². The minimum atomic E-state index is 0.256. The van der Waals surface area contributed by atoms with Crippen LogP contribution in [0.2, 0.25) is 0 Å². The summed E-state index contributed by atoms with van der Waals surface area (Å²) in [5, 5.41) is 0. The van der Waals surface area contributed by atoms with E-state index in [4.69, 9.17) is 0 Å². The van der Waals surface area contributed by atoms with Crippen LogP contribution in [-0.4, -0.2) is 41.4 Å². The molecule has 3 nitrogen and oxygen atoms in total. The highest BCUT2D eigenvalue weighted by Crippen LogP contribution is 2.35. The first-order valence-corrected chi connectivity index (χ1v) is 12.1. The van der Waals surface area contributed by atoms with Crippen LogP contribution in [0, 0.1) is 19.8 Å². The second-order valence-electron chi connectivity index (χ2n) is 9.92. The van der Waals surface area contributed by atoms with Crippen molar-refractivity contribution in [3.8, 4) is 0 Å². The smallest absolute Gasteiger partial charge is 0.219 e. The van der Waals surface area contributed by atoms with Crippen molar-refractivity contribution in [3.63, 3.8) is 0 Å². The molecule has 31 heavy (non-hydrogen) atoms. The summed E-state index contributed by atoms with van der Waals surface area (Å²) in [6, 6.07) is 18.5. The van der Waals surface area contributed by atoms with Gasteiger partial charge in [0.1, 0.15) is 0 Å². The summed E-state index contributed by atoms with van der Waals surface area (Å²) in [5.74, 6) is 1.22. The predicted octanol–water partition coefficient (Wildman–Crippen LogP) is 5.70. The van der Waals surface area contributed by atoms with E-state index in [1.807, 2.05) is 0 Å². The summed E-state index contributed by atoms with van der Waals surface area (Å²) in [7, 11) is 0. The molecule has 1 aliphatic carbocycles. The topological polar surface area (TPSA) is 23.6 Å². The van der Waals surface area contributed by atoms with Gasteiger partial charge < -0.3 is 4.90 Å². The molecule has 0 spiro atoms. The molecule has 0 bridgehead atoms. The molecule has 2 aliphatic rings. The first-order chi connectivity index (χ1) is 15.0. The predicted molar refractivity (Wildman–Crippen MR) is 128 cm³/mol. The number of carbonyl (C=O) groups excluding carboxylic acids is 1. The maximum atomic E-state index is 12.6. The van der Waals surface area contributed by atoms with Crippen molar-refractivity contribution in [1.82, 2.24) is 9.80 Å². The number of aryl methyl sites for hydroxylation is 2. The fourth-order valence-electron chi connectivity index (χ4n) is 5.60. The first kappa shape index (κ1) is 22.1. The molecule has 0 aromatic heterocycles. The molecule has 0 radical (unpaired) electrons. The van der Waals surface area contributed by atoms with E-state index in [9.17, 15) is 4.79 Å². The van der Waals surface area contributed by atoms with Gasteiger partial charge in [-0.3, -0.25) is 9.69 Å². The van der Waals surface area contributed by atoms with Crippen LogP contribution in [-0.2, 0) is 11.3 Å². The van der Waals surface area contributed by atoms with Gasteiger partial charge in [-0.25, -0.2) is 0 Å². The van der Waals surface area contributed by atoms with E-state index in [-0.39, 0.29) is 5.91 Å². The highest BCUT2D eigenvalue weighted by Gasteiger charge is 2.37. The Hall–Kier alpha value is -2.13. The quantitative estimate of drug-likeness (QED) is 0.601. The van der Waals surface area contributed by atoms with E-state index in [1.54, 1.807) is 6.92 Å². The molecule has 3 heteroatoms. The van der Waals surface area contributed by atoms with Crippen LogP contribution >= 0.6 is 0 Å². The Bertz CT molecular complexity index is 852. The third kappa shape index (κ3) is 5.57. The summed E-state index contributed by atoms with van der Waals surface area (Å²) in [5.41, 5.74) is 5.42. The van der Waals surface area contributed by atoms with Gasteiger partial charge in [0.2, 0.25) is 5.91 Å². The van der Waals surface area contributed by atoms with Gasteiger partial charge in [-0.15, -0.1) is 0 Å². The zero-order chi connectivity index (χ0) is 21.8. The van der Waals surface area contributed by atoms with Gasteiger partial charge in [-0.05, 0) is 43.7 Å². The fraction of sp³-hybridized carbons (Fsp3) is 0.536. The molecule has 1 saturated heterocycles. The maximum Gasteiger partial charge on any atom is 0.219 e. The van der Waals surface area contributed by atoms with Crippen molar-refractivity contribution >= 4 is 5.91 Å². The molecule has 2 fully saturated rings. The van der Waals surface area contributed by atoms with E-state index in [0.29, 0.717) is 17.9 Å². The van der Waals surface area contributed by atoms with E-state index < -0.39 is 0 Å². The maximum absolute atomic E-state index is 12.6. The highest BCUT2D eigenvalue weighted by molar-refractivity contribution is 5.73. The summed E-state index contributed by atoms with van der Waals surface area (Å²) in [4.78, 5) is 17.5. The number of amides is 1. The Balaban J connectivity index is 1.53. The molecule has 1 amide bonds.